The Hall–Kier alpha value is -2.71. The molecule has 0 N–H and O–H groups in total. The second kappa shape index (κ2) is 7.37. The van der Waals surface area contributed by atoms with E-state index < -0.39 is 12.0 Å². The molecule has 1 aliphatic rings. The van der Waals surface area contributed by atoms with E-state index in [9.17, 15) is 9.18 Å². The van der Waals surface area contributed by atoms with E-state index in [2.05, 4.69) is 15.2 Å². The lowest BCUT2D eigenvalue weighted by Crippen LogP contribution is -2.36. The van der Waals surface area contributed by atoms with Crippen molar-refractivity contribution in [2.24, 2.45) is 0 Å². The van der Waals surface area contributed by atoms with Gasteiger partial charge in [-0.1, -0.05) is 41.6 Å². The molecular weight excluding hydrogens is 403 g/mol. The van der Waals surface area contributed by atoms with Crippen molar-refractivity contribution in [2.75, 3.05) is 11.2 Å². The number of aromatic nitrogens is 3. The zero-order valence-corrected chi connectivity index (χ0v) is 16.5. The molecule has 3 aromatic rings. The number of thioether (sulfide) groups is 1. The summed E-state index contributed by atoms with van der Waals surface area (Å²) >= 11 is 7.48. The maximum atomic E-state index is 14.6. The van der Waals surface area contributed by atoms with E-state index in [0.717, 1.165) is 0 Å². The van der Waals surface area contributed by atoms with Crippen LogP contribution in [0.4, 0.5) is 10.1 Å². The highest BCUT2D eigenvalue weighted by Crippen LogP contribution is 2.44. The number of ether oxygens (including phenoxy) is 1. The van der Waals surface area contributed by atoms with E-state index in [-0.39, 0.29) is 17.4 Å². The second-order valence-corrected chi connectivity index (χ2v) is 7.20. The second-order valence-electron chi connectivity index (χ2n) is 5.99. The van der Waals surface area contributed by atoms with E-state index in [1.807, 2.05) is 0 Å². The third kappa shape index (κ3) is 3.18. The lowest BCUT2D eigenvalue weighted by Gasteiger charge is -2.30. The first kappa shape index (κ1) is 18.6. The Morgan fingerprint density at radius 3 is 2.75 bits per heavy atom. The minimum absolute atomic E-state index is 0.153. The SMILES string of the molecule is CSc1nnc2c(n1)O[C@H](c1ccccc1F)N(C(C)=O)c1ccc(Cl)cc1-2. The molecule has 0 unspecified atom stereocenters. The zero-order chi connectivity index (χ0) is 19.8. The van der Waals surface area contributed by atoms with Gasteiger partial charge in [0, 0.05) is 23.1 Å². The van der Waals surface area contributed by atoms with Crippen molar-refractivity contribution in [2.45, 2.75) is 18.3 Å². The van der Waals surface area contributed by atoms with E-state index >= 15 is 0 Å². The Balaban J connectivity index is 2.02. The first-order valence-corrected chi connectivity index (χ1v) is 9.89. The van der Waals surface area contributed by atoms with Crippen molar-refractivity contribution in [3.63, 3.8) is 0 Å². The van der Waals surface area contributed by atoms with Gasteiger partial charge in [-0.3, -0.25) is 9.69 Å². The van der Waals surface area contributed by atoms with Gasteiger partial charge in [0.05, 0.1) is 5.69 Å². The number of fused-ring (bicyclic) bond motifs is 3. The van der Waals surface area contributed by atoms with E-state index in [4.69, 9.17) is 16.3 Å². The number of halogens is 2. The maximum Gasteiger partial charge on any atom is 0.247 e. The molecule has 1 amide bonds. The molecule has 2 aromatic carbocycles. The van der Waals surface area contributed by atoms with Gasteiger partial charge in [0.15, 0.2) is 5.69 Å². The van der Waals surface area contributed by atoms with E-state index in [1.165, 1.54) is 29.7 Å². The van der Waals surface area contributed by atoms with Crippen LogP contribution in [0.25, 0.3) is 11.3 Å². The predicted molar refractivity (Wildman–Crippen MR) is 105 cm³/mol. The quantitative estimate of drug-likeness (QED) is 0.573. The van der Waals surface area contributed by atoms with Crippen LogP contribution in [0.3, 0.4) is 0 Å². The molecule has 0 radical (unpaired) electrons. The summed E-state index contributed by atoms with van der Waals surface area (Å²) in [6.07, 6.45) is 0.743. The topological polar surface area (TPSA) is 68.2 Å². The van der Waals surface area contributed by atoms with Crippen molar-refractivity contribution in [1.29, 1.82) is 0 Å². The number of rotatable bonds is 2. The molecule has 4 rings (SSSR count). The molecule has 1 aliphatic heterocycles. The number of benzene rings is 2. The van der Waals surface area contributed by atoms with Gasteiger partial charge in [-0.15, -0.1) is 10.2 Å². The third-order valence-electron chi connectivity index (χ3n) is 4.26. The minimum atomic E-state index is -1.06. The molecule has 0 aliphatic carbocycles. The van der Waals surface area contributed by atoms with Gasteiger partial charge in [-0.05, 0) is 30.5 Å². The van der Waals surface area contributed by atoms with E-state index in [0.29, 0.717) is 27.1 Å². The average Bonchev–Trinajstić information content (AvgIpc) is 2.82. The molecule has 28 heavy (non-hydrogen) atoms. The summed E-state index contributed by atoms with van der Waals surface area (Å²) in [6, 6.07) is 11.1. The fourth-order valence-corrected chi connectivity index (χ4v) is 3.51. The van der Waals surface area contributed by atoms with Crippen LogP contribution in [0.15, 0.2) is 47.6 Å². The summed E-state index contributed by atoms with van der Waals surface area (Å²) < 4.78 is 20.7. The highest BCUT2D eigenvalue weighted by Gasteiger charge is 2.36. The van der Waals surface area contributed by atoms with Crippen LogP contribution >= 0.6 is 23.4 Å². The monoisotopic (exact) mass is 416 g/mol. The smallest absolute Gasteiger partial charge is 0.247 e. The van der Waals surface area contributed by atoms with Crippen molar-refractivity contribution >= 4 is 35.0 Å². The largest absolute Gasteiger partial charge is 0.447 e. The highest BCUT2D eigenvalue weighted by molar-refractivity contribution is 7.98. The van der Waals surface area contributed by atoms with Gasteiger partial charge in [0.25, 0.3) is 0 Å². The lowest BCUT2D eigenvalue weighted by atomic mass is 10.1. The Bertz CT molecular complexity index is 1080. The fraction of sp³-hybridized carbons (Fsp3) is 0.158. The number of carbonyl (C=O) groups excluding carboxylic acids is 1. The Morgan fingerprint density at radius 1 is 1.25 bits per heavy atom. The summed E-state index contributed by atoms with van der Waals surface area (Å²) in [4.78, 5) is 18.3. The zero-order valence-electron chi connectivity index (χ0n) is 14.9. The molecule has 0 saturated heterocycles. The van der Waals surface area contributed by atoms with E-state index in [1.54, 1.807) is 42.7 Å². The summed E-state index contributed by atoms with van der Waals surface area (Å²) in [5, 5.41) is 9.14. The number of hydrogen-bond donors (Lipinski definition) is 0. The van der Waals surface area contributed by atoms with Crippen LogP contribution in [0.1, 0.15) is 18.7 Å². The molecule has 1 aromatic heterocycles. The Kier molecular flexibility index (Phi) is 4.91. The average molecular weight is 417 g/mol. The lowest BCUT2D eigenvalue weighted by molar-refractivity contribution is -0.118. The van der Waals surface area contributed by atoms with Gasteiger partial charge in [0.2, 0.25) is 23.2 Å². The highest BCUT2D eigenvalue weighted by atomic mass is 35.5. The van der Waals surface area contributed by atoms with Gasteiger partial charge in [0.1, 0.15) is 5.82 Å². The Morgan fingerprint density at radius 2 is 2.04 bits per heavy atom. The number of nitrogens with zero attached hydrogens (tertiary/aromatic N) is 4. The van der Waals surface area contributed by atoms with Gasteiger partial charge >= 0.3 is 0 Å². The van der Waals surface area contributed by atoms with Gasteiger partial charge < -0.3 is 4.74 Å². The van der Waals surface area contributed by atoms with Crippen molar-refractivity contribution in [1.82, 2.24) is 15.2 Å². The molecule has 0 bridgehead atoms. The number of anilines is 1. The summed E-state index contributed by atoms with van der Waals surface area (Å²) in [7, 11) is 0. The van der Waals surface area contributed by atoms with Crippen LogP contribution in [0.2, 0.25) is 5.02 Å². The molecule has 0 spiro atoms. The first-order chi connectivity index (χ1) is 13.5. The minimum Gasteiger partial charge on any atom is -0.447 e. The molecule has 0 saturated carbocycles. The van der Waals surface area contributed by atoms with Crippen LogP contribution < -0.4 is 9.64 Å². The molecular formula is C19H14ClFN4O2S. The van der Waals surface area contributed by atoms with Crippen LogP contribution in [-0.2, 0) is 4.79 Å². The fourth-order valence-electron chi connectivity index (χ4n) is 3.04. The predicted octanol–water partition coefficient (Wildman–Crippen LogP) is 4.50. The molecule has 1 atom stereocenters. The number of amides is 1. The normalized spacial score (nSPS) is 15.3. The third-order valence-corrected chi connectivity index (χ3v) is 5.03. The first-order valence-electron chi connectivity index (χ1n) is 8.29. The molecule has 142 valence electrons. The Labute approximate surface area is 169 Å². The van der Waals surface area contributed by atoms with Crippen LogP contribution in [0.5, 0.6) is 5.88 Å². The van der Waals surface area contributed by atoms with Crippen molar-refractivity contribution in [3.05, 3.63) is 58.9 Å². The van der Waals surface area contributed by atoms with Crippen LogP contribution in [-0.4, -0.2) is 27.3 Å². The van der Waals surface area contributed by atoms with Crippen LogP contribution in [0, 0.1) is 5.82 Å². The maximum absolute atomic E-state index is 14.6. The molecule has 0 fully saturated rings. The summed E-state index contributed by atoms with van der Waals surface area (Å²) in [5.41, 5.74) is 1.55. The molecule has 6 nitrogen and oxygen atoms in total. The van der Waals surface area contributed by atoms with Crippen molar-refractivity contribution in [3.8, 4) is 17.1 Å². The van der Waals surface area contributed by atoms with Gasteiger partial charge in [-0.2, -0.15) is 4.98 Å². The standard InChI is InChI=1S/C19H14ClFN4O2S/c1-10(26)25-15-8-7-11(20)9-13(15)16-17(22-19(28-2)24-23-16)27-18(25)12-5-3-4-6-14(12)21/h3-9,18H,1-2H3/t18-/m1/s1. The van der Waals surface area contributed by atoms with Gasteiger partial charge in [-0.25, -0.2) is 4.39 Å². The summed E-state index contributed by atoms with van der Waals surface area (Å²) in [6.45, 7) is 1.39. The summed E-state index contributed by atoms with van der Waals surface area (Å²) in [5.74, 6) is -0.674. The molecule has 2 heterocycles. The number of carbonyl (C=O) groups is 1. The van der Waals surface area contributed by atoms with Crippen molar-refractivity contribution < 1.29 is 13.9 Å². The number of hydrogen-bond acceptors (Lipinski definition) is 6. The molecule has 9 heteroatoms.